The van der Waals surface area contributed by atoms with E-state index in [2.05, 4.69) is 12.8 Å². The number of hydrogen-bond donors (Lipinski definition) is 0. The van der Waals surface area contributed by atoms with Gasteiger partial charge in [0, 0.05) is 11.0 Å². The van der Waals surface area contributed by atoms with E-state index < -0.39 is 0 Å². The SMILES string of the molecule is C#CC(=O)C1=CC2(C=CC(=O)C=C2)C(C)C1. The maximum atomic E-state index is 11.4. The van der Waals surface area contributed by atoms with Crippen LogP contribution < -0.4 is 0 Å². The minimum absolute atomic E-state index is 0.0112. The van der Waals surface area contributed by atoms with E-state index in [4.69, 9.17) is 6.42 Å². The Morgan fingerprint density at radius 1 is 1.50 bits per heavy atom. The van der Waals surface area contributed by atoms with E-state index in [1.54, 1.807) is 12.2 Å². The van der Waals surface area contributed by atoms with Crippen molar-refractivity contribution in [2.24, 2.45) is 11.3 Å². The topological polar surface area (TPSA) is 34.1 Å². The van der Waals surface area contributed by atoms with E-state index in [9.17, 15) is 9.59 Å². The largest absolute Gasteiger partial charge is 0.290 e. The highest BCUT2D eigenvalue weighted by Crippen LogP contribution is 2.45. The molecule has 1 unspecified atom stereocenters. The fourth-order valence-corrected chi connectivity index (χ4v) is 2.25. The predicted octanol–water partition coefficient (Wildman–Crippen LogP) is 1.84. The monoisotopic (exact) mass is 212 g/mol. The average molecular weight is 212 g/mol. The van der Waals surface area contributed by atoms with Crippen LogP contribution in [0.2, 0.25) is 0 Å². The van der Waals surface area contributed by atoms with Crippen molar-refractivity contribution in [3.8, 4) is 12.3 Å². The van der Waals surface area contributed by atoms with Crippen LogP contribution in [0.25, 0.3) is 0 Å². The Morgan fingerprint density at radius 2 is 2.12 bits per heavy atom. The van der Waals surface area contributed by atoms with E-state index in [1.165, 1.54) is 0 Å². The van der Waals surface area contributed by atoms with Crippen molar-refractivity contribution in [2.75, 3.05) is 0 Å². The fourth-order valence-electron chi connectivity index (χ4n) is 2.25. The molecule has 0 fully saturated rings. The average Bonchev–Trinajstić information content (AvgIpc) is 2.60. The molecule has 2 rings (SSSR count). The second-order valence-corrected chi connectivity index (χ2v) is 4.32. The Hall–Kier alpha value is -1.88. The molecule has 2 aliphatic rings. The van der Waals surface area contributed by atoms with Crippen LogP contribution >= 0.6 is 0 Å². The van der Waals surface area contributed by atoms with Gasteiger partial charge in [-0.25, -0.2) is 0 Å². The van der Waals surface area contributed by atoms with Crippen molar-refractivity contribution in [1.29, 1.82) is 0 Å². The highest BCUT2D eigenvalue weighted by Gasteiger charge is 2.38. The normalized spacial score (nSPS) is 25.6. The van der Waals surface area contributed by atoms with Gasteiger partial charge in [0.1, 0.15) is 0 Å². The summed E-state index contributed by atoms with van der Waals surface area (Å²) in [5.41, 5.74) is 0.383. The smallest absolute Gasteiger partial charge is 0.231 e. The highest BCUT2D eigenvalue weighted by atomic mass is 16.1. The van der Waals surface area contributed by atoms with Crippen molar-refractivity contribution in [3.63, 3.8) is 0 Å². The van der Waals surface area contributed by atoms with Gasteiger partial charge in [0.25, 0.3) is 0 Å². The van der Waals surface area contributed by atoms with Gasteiger partial charge in [-0.15, -0.1) is 6.42 Å². The van der Waals surface area contributed by atoms with Crippen molar-refractivity contribution in [3.05, 3.63) is 36.0 Å². The van der Waals surface area contributed by atoms with Crippen LogP contribution in [0.5, 0.6) is 0 Å². The van der Waals surface area contributed by atoms with Crippen LogP contribution in [0.15, 0.2) is 36.0 Å². The molecule has 80 valence electrons. The molecular formula is C14H12O2. The lowest BCUT2D eigenvalue weighted by Crippen LogP contribution is -2.20. The van der Waals surface area contributed by atoms with E-state index in [1.807, 2.05) is 18.2 Å². The zero-order chi connectivity index (χ0) is 11.8. The summed E-state index contributed by atoms with van der Waals surface area (Å²) >= 11 is 0. The molecule has 0 aromatic rings. The molecule has 0 aromatic carbocycles. The minimum Gasteiger partial charge on any atom is -0.290 e. The van der Waals surface area contributed by atoms with Gasteiger partial charge in [-0.1, -0.05) is 25.2 Å². The first-order valence-electron chi connectivity index (χ1n) is 5.22. The van der Waals surface area contributed by atoms with Gasteiger partial charge >= 0.3 is 0 Å². The Bertz CT molecular complexity index is 467. The summed E-state index contributed by atoms with van der Waals surface area (Å²) in [7, 11) is 0. The molecule has 2 aliphatic carbocycles. The third-order valence-electron chi connectivity index (χ3n) is 3.30. The molecule has 16 heavy (non-hydrogen) atoms. The number of Topliss-reactive ketones (excluding diaryl/α,β-unsaturated/α-hetero) is 1. The summed E-state index contributed by atoms with van der Waals surface area (Å²) in [6.45, 7) is 2.05. The lowest BCUT2D eigenvalue weighted by Gasteiger charge is -2.26. The highest BCUT2D eigenvalue weighted by molar-refractivity contribution is 6.09. The van der Waals surface area contributed by atoms with E-state index in [-0.39, 0.29) is 22.9 Å². The first kappa shape index (κ1) is 10.6. The number of hydrogen-bond acceptors (Lipinski definition) is 2. The van der Waals surface area contributed by atoms with E-state index in [0.717, 1.165) is 0 Å². The molecule has 0 saturated carbocycles. The molecule has 0 N–H and O–H groups in total. The third kappa shape index (κ3) is 1.55. The summed E-state index contributed by atoms with van der Waals surface area (Å²) < 4.78 is 0. The minimum atomic E-state index is -0.296. The van der Waals surface area contributed by atoms with Crippen LogP contribution in [0.3, 0.4) is 0 Å². The summed E-state index contributed by atoms with van der Waals surface area (Å²) in [5, 5.41) is 0. The first-order chi connectivity index (χ1) is 7.57. The van der Waals surface area contributed by atoms with Crippen molar-refractivity contribution in [2.45, 2.75) is 13.3 Å². The van der Waals surface area contributed by atoms with Crippen LogP contribution in [0.4, 0.5) is 0 Å². The summed E-state index contributed by atoms with van der Waals surface area (Å²) in [6.07, 6.45) is 14.5. The molecule has 2 heteroatoms. The van der Waals surface area contributed by atoms with Gasteiger partial charge in [0.2, 0.25) is 5.78 Å². The Labute approximate surface area is 94.7 Å². The molecule has 0 aliphatic heterocycles. The second kappa shape index (κ2) is 3.61. The number of carbonyl (C=O) groups excluding carboxylic acids is 2. The molecule has 1 spiro atoms. The third-order valence-corrected chi connectivity index (χ3v) is 3.30. The van der Waals surface area contributed by atoms with Crippen LogP contribution in [-0.2, 0) is 9.59 Å². The Balaban J connectivity index is 2.37. The lowest BCUT2D eigenvalue weighted by atomic mass is 9.76. The number of rotatable bonds is 1. The number of carbonyl (C=O) groups is 2. The van der Waals surface area contributed by atoms with Crippen LogP contribution in [0.1, 0.15) is 13.3 Å². The van der Waals surface area contributed by atoms with Gasteiger partial charge in [-0.3, -0.25) is 9.59 Å². The van der Waals surface area contributed by atoms with Gasteiger partial charge in [0.15, 0.2) is 5.78 Å². The van der Waals surface area contributed by atoms with Gasteiger partial charge < -0.3 is 0 Å². The number of allylic oxidation sites excluding steroid dienone is 6. The number of terminal acetylenes is 1. The van der Waals surface area contributed by atoms with E-state index in [0.29, 0.717) is 12.0 Å². The maximum absolute atomic E-state index is 11.4. The van der Waals surface area contributed by atoms with Gasteiger partial charge in [0.05, 0.1) is 0 Å². The molecule has 1 atom stereocenters. The van der Waals surface area contributed by atoms with Crippen molar-refractivity contribution < 1.29 is 9.59 Å². The summed E-state index contributed by atoms with van der Waals surface area (Å²) in [6, 6.07) is 0. The quantitative estimate of drug-likeness (QED) is 0.491. The maximum Gasteiger partial charge on any atom is 0.231 e. The Morgan fingerprint density at radius 3 is 2.69 bits per heavy atom. The zero-order valence-corrected chi connectivity index (χ0v) is 9.07. The second-order valence-electron chi connectivity index (χ2n) is 4.32. The van der Waals surface area contributed by atoms with Gasteiger partial charge in [-0.05, 0) is 30.4 Å². The summed E-state index contributed by atoms with van der Waals surface area (Å²) in [4.78, 5) is 22.5. The van der Waals surface area contributed by atoms with Crippen molar-refractivity contribution in [1.82, 2.24) is 0 Å². The molecule has 0 bridgehead atoms. The standard InChI is InChI=1S/C14H12O2/c1-3-13(16)11-8-10(2)14(9-11)6-4-12(15)5-7-14/h1,4-7,9-10H,8H2,2H3. The molecule has 0 radical (unpaired) electrons. The van der Waals surface area contributed by atoms with Crippen molar-refractivity contribution >= 4 is 11.6 Å². The predicted molar refractivity (Wildman–Crippen MR) is 61.4 cm³/mol. The molecular weight excluding hydrogens is 200 g/mol. The fraction of sp³-hybridized carbons (Fsp3) is 0.286. The van der Waals surface area contributed by atoms with Crippen LogP contribution in [0, 0.1) is 23.7 Å². The first-order valence-corrected chi connectivity index (χ1v) is 5.22. The van der Waals surface area contributed by atoms with Crippen LogP contribution in [-0.4, -0.2) is 11.6 Å². The molecule has 0 amide bonds. The molecule has 0 heterocycles. The van der Waals surface area contributed by atoms with E-state index >= 15 is 0 Å². The summed E-state index contributed by atoms with van der Waals surface area (Å²) in [5.74, 6) is 2.14. The molecule has 2 nitrogen and oxygen atoms in total. The van der Waals surface area contributed by atoms with Gasteiger partial charge in [-0.2, -0.15) is 0 Å². The molecule has 0 aromatic heterocycles. The molecule has 0 saturated heterocycles. The number of ketones is 2. The lowest BCUT2D eigenvalue weighted by molar-refractivity contribution is -0.111. The zero-order valence-electron chi connectivity index (χ0n) is 9.07. The Kier molecular flexibility index (Phi) is 2.40.